The number of hydrogen-bond donors (Lipinski definition) is 0. The Hall–Kier alpha value is -0.460. The predicted molar refractivity (Wildman–Crippen MR) is 36.6 cm³/mol. The monoisotopic (exact) mass is 167 g/mol. The third kappa shape index (κ3) is 5.67. The molecule has 0 N–H and O–H groups in total. The van der Waals surface area contributed by atoms with Crippen LogP contribution < -0.4 is 0 Å². The van der Waals surface area contributed by atoms with Gasteiger partial charge in [-0.05, 0) is 0 Å². The maximum Gasteiger partial charge on any atom is 0.216 e. The van der Waals surface area contributed by atoms with E-state index in [0.717, 1.165) is 5.55 Å². The highest BCUT2D eigenvalue weighted by Crippen LogP contribution is 1.78. The average molecular weight is 167 g/mol. The number of oxime groups is 1. The van der Waals surface area contributed by atoms with E-state index in [1.807, 2.05) is 0 Å². The zero-order valence-electron chi connectivity index (χ0n) is 5.77. The van der Waals surface area contributed by atoms with Gasteiger partial charge in [0.2, 0.25) is 17.9 Å². The molecule has 1 unspecified atom stereocenters. The van der Waals surface area contributed by atoms with E-state index in [9.17, 15) is 4.21 Å². The van der Waals surface area contributed by atoms with Gasteiger partial charge in [0.1, 0.15) is 0 Å². The first-order chi connectivity index (χ1) is 4.81. The Morgan fingerprint density at radius 2 is 2.30 bits per heavy atom. The van der Waals surface area contributed by atoms with Crippen molar-refractivity contribution in [3.63, 3.8) is 0 Å². The molecule has 0 aliphatic heterocycles. The molecule has 0 spiro atoms. The minimum absolute atomic E-state index is 0.0391. The lowest BCUT2D eigenvalue weighted by molar-refractivity contribution is -0.0273. The smallest absolute Gasteiger partial charge is 0.216 e. The molecular formula is C4H9NO4S. The molecule has 0 aromatic heterocycles. The van der Waals surface area contributed by atoms with Gasteiger partial charge in [0, 0.05) is 7.11 Å². The lowest BCUT2D eigenvalue weighted by Crippen LogP contribution is -1.95. The van der Waals surface area contributed by atoms with Crippen LogP contribution in [0.4, 0.5) is 0 Å². The molecule has 0 fully saturated rings. The van der Waals surface area contributed by atoms with Crippen LogP contribution in [0, 0.1) is 0 Å². The molecule has 0 aliphatic carbocycles. The van der Waals surface area contributed by atoms with Gasteiger partial charge in [-0.1, -0.05) is 5.16 Å². The Labute approximate surface area is 61.6 Å². The fourth-order valence-corrected chi connectivity index (χ4v) is 0.409. The molecular weight excluding hydrogens is 158 g/mol. The van der Waals surface area contributed by atoms with Crippen molar-refractivity contribution >= 4 is 16.6 Å². The summed E-state index contributed by atoms with van der Waals surface area (Å²) < 4.78 is 19.2. The number of methoxy groups -OCH3 is 1. The standard InChI is InChI=1S/C4H9NO4S/c1-7-4-9-5-3-10(6)8-2/h3H,4H2,1-2H3/b5-3+. The van der Waals surface area contributed by atoms with Gasteiger partial charge in [0.05, 0.1) is 7.11 Å². The summed E-state index contributed by atoms with van der Waals surface area (Å²) in [6.45, 7) is 0.0391. The van der Waals surface area contributed by atoms with E-state index in [1.165, 1.54) is 14.2 Å². The highest BCUT2D eigenvalue weighted by atomic mass is 32.2. The van der Waals surface area contributed by atoms with Gasteiger partial charge in [-0.25, -0.2) is 4.21 Å². The Morgan fingerprint density at radius 3 is 2.80 bits per heavy atom. The molecule has 0 amide bonds. The number of hydrogen-bond acceptors (Lipinski definition) is 5. The Bertz CT molecular complexity index is 126. The van der Waals surface area contributed by atoms with Gasteiger partial charge < -0.3 is 9.57 Å². The highest BCUT2D eigenvalue weighted by Gasteiger charge is 1.86. The molecule has 0 bridgehead atoms. The van der Waals surface area contributed by atoms with Crippen LogP contribution >= 0.6 is 0 Å². The van der Waals surface area contributed by atoms with E-state index in [2.05, 4.69) is 18.9 Å². The first-order valence-corrected chi connectivity index (χ1v) is 3.54. The molecule has 0 heterocycles. The number of nitrogens with zero attached hydrogens (tertiary/aromatic N) is 1. The molecule has 0 aromatic rings. The van der Waals surface area contributed by atoms with Gasteiger partial charge in [-0.15, -0.1) is 0 Å². The topological polar surface area (TPSA) is 57.1 Å². The molecule has 0 saturated heterocycles. The Kier molecular flexibility index (Phi) is 6.35. The summed E-state index contributed by atoms with van der Waals surface area (Å²) in [6, 6.07) is 0. The molecule has 0 aliphatic rings. The minimum Gasteiger partial charge on any atom is -0.366 e. The summed E-state index contributed by atoms with van der Waals surface area (Å²) in [4.78, 5) is 4.43. The quantitative estimate of drug-likeness (QED) is 0.188. The third-order valence-electron chi connectivity index (χ3n) is 0.538. The average Bonchev–Trinajstić information content (AvgIpc) is 1.98. The van der Waals surface area contributed by atoms with Gasteiger partial charge in [0.25, 0.3) is 0 Å². The minimum atomic E-state index is -1.50. The van der Waals surface area contributed by atoms with Crippen molar-refractivity contribution in [2.24, 2.45) is 5.16 Å². The summed E-state index contributed by atoms with van der Waals surface area (Å²) >= 11 is -1.50. The number of rotatable bonds is 5. The molecule has 1 atom stereocenters. The molecule has 0 aromatic carbocycles. The zero-order chi connectivity index (χ0) is 7.82. The predicted octanol–water partition coefficient (Wildman–Crippen LogP) is -0.140. The van der Waals surface area contributed by atoms with Gasteiger partial charge in [-0.3, -0.25) is 4.18 Å². The maximum absolute atomic E-state index is 10.4. The summed E-state index contributed by atoms with van der Waals surface area (Å²) in [5.41, 5.74) is 1.03. The SMILES string of the molecule is COCO/N=C/S(=O)OC. The van der Waals surface area contributed by atoms with Gasteiger partial charge in [0.15, 0.2) is 5.55 Å². The zero-order valence-corrected chi connectivity index (χ0v) is 6.59. The first-order valence-electron chi connectivity index (χ1n) is 2.40. The lowest BCUT2D eigenvalue weighted by atomic mass is 11.4. The molecule has 0 rings (SSSR count). The second kappa shape index (κ2) is 6.66. The molecule has 6 heteroatoms. The maximum atomic E-state index is 10.4. The van der Waals surface area contributed by atoms with Crippen LogP contribution in [-0.4, -0.2) is 30.8 Å². The van der Waals surface area contributed by atoms with Crippen LogP contribution in [0.5, 0.6) is 0 Å². The van der Waals surface area contributed by atoms with Crippen molar-refractivity contribution in [1.82, 2.24) is 0 Å². The van der Waals surface area contributed by atoms with Crippen LogP contribution in [-0.2, 0) is 24.8 Å². The van der Waals surface area contributed by atoms with Gasteiger partial charge >= 0.3 is 0 Å². The van der Waals surface area contributed by atoms with Crippen molar-refractivity contribution in [3.8, 4) is 0 Å². The van der Waals surface area contributed by atoms with Crippen molar-refractivity contribution in [2.75, 3.05) is 21.0 Å². The fourth-order valence-electron chi connectivity index (χ4n) is 0.192. The van der Waals surface area contributed by atoms with Crippen molar-refractivity contribution in [1.29, 1.82) is 0 Å². The van der Waals surface area contributed by atoms with Gasteiger partial charge in [-0.2, -0.15) is 0 Å². The molecule has 0 radical (unpaired) electrons. The van der Waals surface area contributed by atoms with E-state index in [0.29, 0.717) is 0 Å². The fraction of sp³-hybridized carbons (Fsp3) is 0.750. The summed E-state index contributed by atoms with van der Waals surface area (Å²) in [5, 5.41) is 3.26. The first kappa shape index (κ1) is 9.54. The van der Waals surface area contributed by atoms with E-state index in [4.69, 9.17) is 0 Å². The molecule has 10 heavy (non-hydrogen) atoms. The van der Waals surface area contributed by atoms with Crippen LogP contribution in [0.15, 0.2) is 5.16 Å². The largest absolute Gasteiger partial charge is 0.366 e. The lowest BCUT2D eigenvalue weighted by Gasteiger charge is -1.93. The summed E-state index contributed by atoms with van der Waals surface area (Å²) in [7, 11) is 2.77. The Morgan fingerprint density at radius 1 is 1.60 bits per heavy atom. The van der Waals surface area contributed by atoms with Crippen molar-refractivity contribution in [2.45, 2.75) is 0 Å². The van der Waals surface area contributed by atoms with Crippen molar-refractivity contribution in [3.05, 3.63) is 0 Å². The van der Waals surface area contributed by atoms with Crippen LogP contribution in [0.25, 0.3) is 0 Å². The van der Waals surface area contributed by atoms with E-state index >= 15 is 0 Å². The Balaban J connectivity index is 3.27. The third-order valence-corrected chi connectivity index (χ3v) is 1.13. The van der Waals surface area contributed by atoms with Crippen LogP contribution in [0.2, 0.25) is 0 Å². The molecule has 0 saturated carbocycles. The second-order valence-corrected chi connectivity index (χ2v) is 2.24. The molecule has 5 nitrogen and oxygen atoms in total. The van der Waals surface area contributed by atoms with Crippen LogP contribution in [0.1, 0.15) is 0 Å². The van der Waals surface area contributed by atoms with E-state index in [-0.39, 0.29) is 6.79 Å². The normalized spacial score (nSPS) is 13.8. The molecule has 60 valence electrons. The van der Waals surface area contributed by atoms with Crippen LogP contribution in [0.3, 0.4) is 0 Å². The van der Waals surface area contributed by atoms with Crippen molar-refractivity contribution < 1.29 is 18.0 Å². The number of ether oxygens (including phenoxy) is 1. The second-order valence-electron chi connectivity index (χ2n) is 1.17. The van der Waals surface area contributed by atoms with E-state index < -0.39 is 11.1 Å². The highest BCUT2D eigenvalue weighted by molar-refractivity contribution is 7.94. The van der Waals surface area contributed by atoms with E-state index in [1.54, 1.807) is 0 Å². The summed E-state index contributed by atoms with van der Waals surface area (Å²) in [5.74, 6) is 0. The summed E-state index contributed by atoms with van der Waals surface area (Å²) in [6.07, 6.45) is 0.